The van der Waals surface area contributed by atoms with Gasteiger partial charge in [0.1, 0.15) is 5.76 Å². The number of halogens is 2. The standard InChI is InChI=1S/C19H22Cl2O3/c1-11-7-13(20)8-14(21)16(11)17-15(22)9-19(18(17)23)5-3-12(4-6-19)10-24-2/h7-8,12,23H,3-6,9-10H2,1-2H3. The first-order chi connectivity index (χ1) is 11.4. The van der Waals surface area contributed by atoms with E-state index >= 15 is 0 Å². The van der Waals surface area contributed by atoms with E-state index in [9.17, 15) is 9.90 Å². The molecule has 3 rings (SSSR count). The van der Waals surface area contributed by atoms with Crippen molar-refractivity contribution in [1.29, 1.82) is 0 Å². The molecule has 0 atom stereocenters. The summed E-state index contributed by atoms with van der Waals surface area (Å²) in [6.45, 7) is 2.60. The molecule has 1 aromatic rings. The number of carbonyl (C=O) groups excluding carboxylic acids is 1. The number of aliphatic hydroxyl groups excluding tert-OH is 1. The molecule has 0 aliphatic heterocycles. The van der Waals surface area contributed by atoms with Crippen molar-refractivity contribution in [3.63, 3.8) is 0 Å². The molecular formula is C19H22Cl2O3. The third-order valence-electron chi connectivity index (χ3n) is 5.48. The third kappa shape index (κ3) is 2.98. The van der Waals surface area contributed by atoms with Crippen molar-refractivity contribution in [2.24, 2.45) is 11.3 Å². The summed E-state index contributed by atoms with van der Waals surface area (Å²) in [6, 6.07) is 3.40. The van der Waals surface area contributed by atoms with E-state index < -0.39 is 5.41 Å². The quantitative estimate of drug-likeness (QED) is 0.780. The van der Waals surface area contributed by atoms with Gasteiger partial charge in [-0.3, -0.25) is 4.79 Å². The molecule has 1 saturated carbocycles. The summed E-state index contributed by atoms with van der Waals surface area (Å²) >= 11 is 12.4. The zero-order valence-corrected chi connectivity index (χ0v) is 15.5. The summed E-state index contributed by atoms with van der Waals surface area (Å²) in [5.74, 6) is 0.703. The lowest BCUT2D eigenvalue weighted by atomic mass is 9.69. The molecule has 0 saturated heterocycles. The van der Waals surface area contributed by atoms with Gasteiger partial charge in [-0.25, -0.2) is 0 Å². The van der Waals surface area contributed by atoms with Gasteiger partial charge >= 0.3 is 0 Å². The number of methoxy groups -OCH3 is 1. The number of carbonyl (C=O) groups is 1. The second-order valence-corrected chi connectivity index (χ2v) is 7.93. The first-order valence-corrected chi connectivity index (χ1v) is 9.05. The highest BCUT2D eigenvalue weighted by Crippen LogP contribution is 2.54. The topological polar surface area (TPSA) is 46.5 Å². The van der Waals surface area contributed by atoms with Gasteiger partial charge in [0.25, 0.3) is 0 Å². The molecule has 1 spiro atoms. The number of hydrogen-bond donors (Lipinski definition) is 1. The summed E-state index contributed by atoms with van der Waals surface area (Å²) < 4.78 is 5.24. The maximum Gasteiger partial charge on any atom is 0.167 e. The molecular weight excluding hydrogens is 347 g/mol. The van der Waals surface area contributed by atoms with Crippen LogP contribution in [0.4, 0.5) is 0 Å². The van der Waals surface area contributed by atoms with Crippen LogP contribution in [-0.4, -0.2) is 24.6 Å². The first kappa shape index (κ1) is 17.8. The van der Waals surface area contributed by atoms with Crippen LogP contribution in [0.1, 0.15) is 43.2 Å². The van der Waals surface area contributed by atoms with Crippen molar-refractivity contribution in [3.8, 4) is 0 Å². The molecule has 0 bridgehead atoms. The Balaban J connectivity index is 1.98. The van der Waals surface area contributed by atoms with Gasteiger partial charge in [-0.05, 0) is 56.2 Å². The van der Waals surface area contributed by atoms with Crippen LogP contribution in [-0.2, 0) is 9.53 Å². The highest BCUT2D eigenvalue weighted by molar-refractivity contribution is 6.38. The smallest absolute Gasteiger partial charge is 0.167 e. The van der Waals surface area contributed by atoms with E-state index in [0.717, 1.165) is 37.9 Å². The van der Waals surface area contributed by atoms with E-state index in [1.54, 1.807) is 19.2 Å². The molecule has 0 radical (unpaired) electrons. The molecule has 3 nitrogen and oxygen atoms in total. The Morgan fingerprint density at radius 2 is 1.96 bits per heavy atom. The number of allylic oxidation sites excluding steroid dienone is 2. The summed E-state index contributed by atoms with van der Waals surface area (Å²) in [6.07, 6.45) is 3.92. The summed E-state index contributed by atoms with van der Waals surface area (Å²) in [4.78, 5) is 12.7. The first-order valence-electron chi connectivity index (χ1n) is 8.30. The summed E-state index contributed by atoms with van der Waals surface area (Å²) in [7, 11) is 1.71. The average molecular weight is 369 g/mol. The molecule has 0 heterocycles. The molecule has 2 aliphatic rings. The van der Waals surface area contributed by atoms with Crippen LogP contribution in [0.25, 0.3) is 5.57 Å². The Morgan fingerprint density at radius 1 is 1.29 bits per heavy atom. The fraction of sp³-hybridized carbons (Fsp3) is 0.526. The van der Waals surface area contributed by atoms with Crippen molar-refractivity contribution in [2.45, 2.75) is 39.0 Å². The summed E-state index contributed by atoms with van der Waals surface area (Å²) in [5, 5.41) is 11.9. The van der Waals surface area contributed by atoms with Crippen molar-refractivity contribution >= 4 is 34.6 Å². The highest BCUT2D eigenvalue weighted by Gasteiger charge is 2.48. The number of hydrogen-bond acceptors (Lipinski definition) is 3. The lowest BCUT2D eigenvalue weighted by Crippen LogP contribution is -2.29. The Hall–Kier alpha value is -1.03. The number of ketones is 1. The molecule has 1 N–H and O–H groups in total. The second-order valence-electron chi connectivity index (χ2n) is 7.08. The fourth-order valence-corrected chi connectivity index (χ4v) is 4.89. The minimum absolute atomic E-state index is 0.0231. The van der Waals surface area contributed by atoms with Gasteiger partial charge in [-0.2, -0.15) is 0 Å². The van der Waals surface area contributed by atoms with E-state index in [-0.39, 0.29) is 11.5 Å². The maximum absolute atomic E-state index is 12.7. The van der Waals surface area contributed by atoms with Gasteiger partial charge in [-0.15, -0.1) is 0 Å². The van der Waals surface area contributed by atoms with E-state index in [0.29, 0.717) is 33.5 Å². The van der Waals surface area contributed by atoms with Crippen LogP contribution in [0.3, 0.4) is 0 Å². The molecule has 24 heavy (non-hydrogen) atoms. The number of aryl methyl sites for hydroxylation is 1. The number of benzene rings is 1. The Bertz CT molecular complexity index is 678. The number of aliphatic hydroxyl groups is 1. The molecule has 0 amide bonds. The average Bonchev–Trinajstić information content (AvgIpc) is 2.74. The Morgan fingerprint density at radius 3 is 2.54 bits per heavy atom. The molecule has 130 valence electrons. The van der Waals surface area contributed by atoms with E-state index in [1.165, 1.54) is 0 Å². The van der Waals surface area contributed by atoms with Crippen molar-refractivity contribution < 1.29 is 14.6 Å². The van der Waals surface area contributed by atoms with Gasteiger partial charge in [0.2, 0.25) is 0 Å². The SMILES string of the molecule is COCC1CCC2(CC1)CC(=O)C(c1c(C)cc(Cl)cc1Cl)=C2O. The second kappa shape index (κ2) is 6.70. The number of ether oxygens (including phenoxy) is 1. The van der Waals surface area contributed by atoms with Crippen LogP contribution in [0.5, 0.6) is 0 Å². The van der Waals surface area contributed by atoms with E-state index in [2.05, 4.69) is 0 Å². The van der Waals surface area contributed by atoms with E-state index in [1.807, 2.05) is 6.92 Å². The largest absolute Gasteiger partial charge is 0.511 e. The van der Waals surface area contributed by atoms with Gasteiger partial charge in [0.05, 0.1) is 10.6 Å². The molecule has 2 aliphatic carbocycles. The third-order valence-corrected chi connectivity index (χ3v) is 6.00. The highest BCUT2D eigenvalue weighted by atomic mass is 35.5. The Kier molecular flexibility index (Phi) is 4.96. The van der Waals surface area contributed by atoms with Crippen LogP contribution in [0.15, 0.2) is 17.9 Å². The predicted molar refractivity (Wildman–Crippen MR) is 96.6 cm³/mol. The lowest BCUT2D eigenvalue weighted by molar-refractivity contribution is -0.115. The van der Waals surface area contributed by atoms with Crippen molar-refractivity contribution in [3.05, 3.63) is 39.1 Å². The maximum atomic E-state index is 12.7. The molecule has 5 heteroatoms. The minimum atomic E-state index is -0.425. The Labute approximate surface area is 152 Å². The minimum Gasteiger partial charge on any atom is -0.511 e. The normalized spacial score (nSPS) is 27.3. The van der Waals surface area contributed by atoms with Gasteiger partial charge in [-0.1, -0.05) is 23.2 Å². The predicted octanol–water partition coefficient (Wildman–Crippen LogP) is 5.37. The molecule has 0 unspecified atom stereocenters. The number of Topliss-reactive ketones (excluding diaryl/α,β-unsaturated/α-hetero) is 1. The fourth-order valence-electron chi connectivity index (χ4n) is 4.20. The van der Waals surface area contributed by atoms with Crippen LogP contribution in [0, 0.1) is 18.3 Å². The number of rotatable bonds is 3. The monoisotopic (exact) mass is 368 g/mol. The molecule has 0 aromatic heterocycles. The molecule has 1 aromatic carbocycles. The van der Waals surface area contributed by atoms with E-state index in [4.69, 9.17) is 27.9 Å². The van der Waals surface area contributed by atoms with Crippen LogP contribution < -0.4 is 0 Å². The zero-order chi connectivity index (χ0) is 17.5. The lowest BCUT2D eigenvalue weighted by Gasteiger charge is -2.36. The van der Waals surface area contributed by atoms with Crippen LogP contribution >= 0.6 is 23.2 Å². The van der Waals surface area contributed by atoms with Crippen molar-refractivity contribution in [2.75, 3.05) is 13.7 Å². The van der Waals surface area contributed by atoms with Gasteiger partial charge in [0, 0.05) is 36.1 Å². The summed E-state index contributed by atoms with van der Waals surface area (Å²) in [5.41, 5.74) is 1.40. The van der Waals surface area contributed by atoms with Gasteiger partial charge < -0.3 is 9.84 Å². The molecule has 1 fully saturated rings. The van der Waals surface area contributed by atoms with Gasteiger partial charge in [0.15, 0.2) is 5.78 Å². The van der Waals surface area contributed by atoms with Crippen LogP contribution in [0.2, 0.25) is 10.0 Å². The zero-order valence-electron chi connectivity index (χ0n) is 14.0. The van der Waals surface area contributed by atoms with Crippen molar-refractivity contribution in [1.82, 2.24) is 0 Å².